The third-order valence-corrected chi connectivity index (χ3v) is 15.4. The van der Waals surface area contributed by atoms with Gasteiger partial charge in [-0.05, 0) is 95.6 Å². The molecule has 0 radical (unpaired) electrons. The Morgan fingerprint density at radius 1 is 0.724 bits per heavy atom. The number of nitrogens with one attached hydrogen (secondary N) is 7. The van der Waals surface area contributed by atoms with E-state index in [4.69, 9.17) is 10.5 Å². The fourth-order valence-corrected chi connectivity index (χ4v) is 10.2. The molecule has 87 heavy (non-hydrogen) atoms. The molecule has 4 aromatic rings. The lowest BCUT2D eigenvalue weighted by molar-refractivity contribution is -0.141. The van der Waals surface area contributed by atoms with E-state index < -0.39 is 88.7 Å². The van der Waals surface area contributed by atoms with Crippen LogP contribution in [0.2, 0.25) is 0 Å². The third-order valence-electron chi connectivity index (χ3n) is 15.4. The van der Waals surface area contributed by atoms with Crippen molar-refractivity contribution in [3.63, 3.8) is 0 Å². The summed E-state index contributed by atoms with van der Waals surface area (Å²) in [6, 6.07) is 24.1. The summed E-state index contributed by atoms with van der Waals surface area (Å²) in [6.45, 7) is 18.6. The summed E-state index contributed by atoms with van der Waals surface area (Å²) >= 11 is 0. The molecule has 468 valence electrons. The molecule has 9 amide bonds. The van der Waals surface area contributed by atoms with Gasteiger partial charge in [-0.2, -0.15) is 0 Å². The van der Waals surface area contributed by atoms with Crippen LogP contribution in [-0.2, 0) is 63.4 Å². The van der Waals surface area contributed by atoms with Crippen molar-refractivity contribution in [3.05, 3.63) is 142 Å². The van der Waals surface area contributed by atoms with E-state index in [0.717, 1.165) is 33.5 Å². The SMILES string of the molecule is CN[C@@H](C(=O)N[C@H](C(=O)N(C)[C@H](/C=C(\C)C(=O)O)C(C)C)C(C)(C)C)C(C)(C)c1ccc(CNC(=O)OCc2ccc(NC(=O)[C@H](CCCNC(N)=O)NC(=O)[C@@H](NC(=O)CCC(=O)N3Cc4ccccc4/C=C\c4ccccc43)C(C)C)cc2)cc1. The van der Waals surface area contributed by atoms with Crippen molar-refractivity contribution >= 4 is 77.1 Å². The number of nitrogens with zero attached hydrogens (tertiary/aromatic N) is 2. The third kappa shape index (κ3) is 19.9. The minimum Gasteiger partial charge on any atom is -0.478 e. The molecule has 1 aliphatic rings. The number of alkyl carbamates (subject to hydrolysis) is 1. The molecule has 0 saturated carbocycles. The number of aliphatic carboxylic acids is 1. The van der Waals surface area contributed by atoms with Crippen LogP contribution < -0.4 is 47.9 Å². The number of rotatable bonds is 27. The fourth-order valence-electron chi connectivity index (χ4n) is 10.2. The Bertz CT molecular complexity index is 3150. The number of primary amides is 1. The minimum absolute atomic E-state index is 0.0966. The van der Waals surface area contributed by atoms with Gasteiger partial charge in [0.1, 0.15) is 24.7 Å². The number of para-hydroxylation sites is 1. The van der Waals surface area contributed by atoms with Crippen LogP contribution >= 0.6 is 0 Å². The Morgan fingerprint density at radius 2 is 1.34 bits per heavy atom. The summed E-state index contributed by atoms with van der Waals surface area (Å²) in [6.07, 6.45) is 4.90. The number of hydrogen-bond donors (Lipinski definition) is 9. The molecule has 0 bridgehead atoms. The molecule has 0 fully saturated rings. The van der Waals surface area contributed by atoms with Crippen LogP contribution in [0.25, 0.3) is 12.2 Å². The monoisotopic (exact) mass is 1200 g/mol. The van der Waals surface area contributed by atoms with Crippen molar-refractivity contribution in [1.82, 2.24) is 36.8 Å². The summed E-state index contributed by atoms with van der Waals surface area (Å²) in [5.74, 6) is -4.31. The first-order chi connectivity index (χ1) is 41.0. The standard InChI is InChI=1S/C66H88N10O11/c1-40(2)52(36-42(5)62(83)84)75(12)61(82)57(65(6,7)8)74-60(81)56(68-11)66(9,10)48-29-23-43(24-30-48)37-70-64(86)87-39-44-25-31-49(32-26-44)71-58(79)50(21-17-35-69-63(67)85)72-59(80)55(41(3)4)73-53(77)33-34-54(78)76-38-47-20-14-13-18-45(47)27-28-46-19-15-16-22-51(46)76/h13-16,18-20,22-32,36,40-41,50,52,55-57,68H,17,21,33-35,37-39H2,1-12H3,(H,70,86)(H,71,79)(H,72,80)(H,73,77)(H,74,81)(H,83,84)(H3,67,69,85)/b28-27-,42-36+/t50-,52+,55-,56-,57+/m0/s1. The molecule has 0 aliphatic carbocycles. The quantitative estimate of drug-likeness (QED) is 0.0207. The van der Waals surface area contributed by atoms with E-state index in [9.17, 15) is 48.3 Å². The molecule has 0 saturated heterocycles. The number of hydrogen-bond acceptors (Lipinski definition) is 11. The maximum Gasteiger partial charge on any atom is 0.407 e. The van der Waals surface area contributed by atoms with Gasteiger partial charge in [-0.1, -0.05) is 159 Å². The van der Waals surface area contributed by atoms with Crippen molar-refractivity contribution < 1.29 is 53.0 Å². The van der Waals surface area contributed by atoms with Crippen LogP contribution in [0.1, 0.15) is 128 Å². The predicted molar refractivity (Wildman–Crippen MR) is 336 cm³/mol. The van der Waals surface area contributed by atoms with Gasteiger partial charge in [0, 0.05) is 49.7 Å². The highest BCUT2D eigenvalue weighted by Crippen LogP contribution is 2.32. The van der Waals surface area contributed by atoms with Crippen LogP contribution in [0.15, 0.2) is 109 Å². The van der Waals surface area contributed by atoms with Gasteiger partial charge in [-0.15, -0.1) is 0 Å². The van der Waals surface area contributed by atoms with E-state index in [-0.39, 0.29) is 68.7 Å². The lowest BCUT2D eigenvalue weighted by Crippen LogP contribution is -2.61. The molecule has 5 rings (SSSR count). The number of fused-ring (bicyclic) bond motifs is 2. The number of carboxylic acid groups (broad SMARTS) is 1. The summed E-state index contributed by atoms with van der Waals surface area (Å²) in [5, 5.41) is 29.3. The molecular formula is C66H88N10O11. The summed E-state index contributed by atoms with van der Waals surface area (Å²) in [5.41, 5.74) is 9.95. The number of amides is 9. The summed E-state index contributed by atoms with van der Waals surface area (Å²) in [4.78, 5) is 122. The van der Waals surface area contributed by atoms with Gasteiger partial charge in [0.15, 0.2) is 0 Å². The molecule has 0 spiro atoms. The molecule has 1 heterocycles. The van der Waals surface area contributed by atoms with E-state index in [2.05, 4.69) is 37.2 Å². The number of anilines is 2. The molecule has 21 nitrogen and oxygen atoms in total. The Balaban J connectivity index is 1.14. The van der Waals surface area contributed by atoms with E-state index in [1.54, 1.807) is 63.2 Å². The van der Waals surface area contributed by atoms with Gasteiger partial charge in [0.05, 0.1) is 24.3 Å². The van der Waals surface area contributed by atoms with Crippen molar-refractivity contribution in [1.29, 1.82) is 0 Å². The van der Waals surface area contributed by atoms with Crippen molar-refractivity contribution in [2.75, 3.05) is 30.9 Å². The molecule has 0 aromatic heterocycles. The lowest BCUT2D eigenvalue weighted by Gasteiger charge is -2.40. The zero-order chi connectivity index (χ0) is 64.3. The topological polar surface area (TPSA) is 300 Å². The van der Waals surface area contributed by atoms with Gasteiger partial charge in [0.2, 0.25) is 35.4 Å². The zero-order valence-corrected chi connectivity index (χ0v) is 52.2. The van der Waals surface area contributed by atoms with Crippen LogP contribution in [0.5, 0.6) is 0 Å². The Labute approximate surface area is 511 Å². The molecule has 21 heteroatoms. The number of nitrogens with two attached hydrogens (primary N) is 1. The second kappa shape index (κ2) is 31.5. The van der Waals surface area contributed by atoms with Crippen LogP contribution in [0.3, 0.4) is 0 Å². The molecule has 5 atom stereocenters. The number of ether oxygens (including phenoxy) is 1. The van der Waals surface area contributed by atoms with Crippen molar-refractivity contribution in [2.24, 2.45) is 23.0 Å². The highest BCUT2D eigenvalue weighted by Gasteiger charge is 2.42. The maximum atomic E-state index is 14.1. The summed E-state index contributed by atoms with van der Waals surface area (Å²) < 4.78 is 5.49. The van der Waals surface area contributed by atoms with E-state index in [1.165, 1.54) is 11.8 Å². The van der Waals surface area contributed by atoms with Gasteiger partial charge in [-0.3, -0.25) is 28.8 Å². The largest absolute Gasteiger partial charge is 0.478 e. The number of benzene rings is 4. The van der Waals surface area contributed by atoms with Crippen molar-refractivity contribution in [2.45, 2.75) is 150 Å². The fraction of sp³-hybridized carbons (Fsp3) is 0.439. The highest BCUT2D eigenvalue weighted by molar-refractivity contribution is 6.00. The smallest absolute Gasteiger partial charge is 0.407 e. The Morgan fingerprint density at radius 3 is 1.95 bits per heavy atom. The van der Waals surface area contributed by atoms with Crippen molar-refractivity contribution in [3.8, 4) is 0 Å². The first-order valence-corrected chi connectivity index (χ1v) is 29.4. The van der Waals surface area contributed by atoms with Gasteiger partial charge in [0.25, 0.3) is 0 Å². The van der Waals surface area contributed by atoms with Gasteiger partial charge >= 0.3 is 18.1 Å². The maximum absolute atomic E-state index is 14.1. The van der Waals surface area contributed by atoms with Crippen LogP contribution in [0, 0.1) is 17.3 Å². The predicted octanol–water partition coefficient (Wildman–Crippen LogP) is 7.53. The molecule has 4 aromatic carbocycles. The van der Waals surface area contributed by atoms with Gasteiger partial charge < -0.3 is 62.6 Å². The average molecular weight is 1200 g/mol. The normalized spacial score (nSPS) is 14.5. The van der Waals surface area contributed by atoms with Crippen LogP contribution in [0.4, 0.5) is 21.0 Å². The second-order valence-corrected chi connectivity index (χ2v) is 24.3. The molecule has 1 aliphatic heterocycles. The van der Waals surface area contributed by atoms with Crippen LogP contribution in [-0.4, -0.2) is 114 Å². The number of carbonyl (C=O) groups excluding carboxylic acids is 8. The molecular weight excluding hydrogens is 1110 g/mol. The van der Waals surface area contributed by atoms with Gasteiger partial charge in [-0.25, -0.2) is 14.4 Å². The highest BCUT2D eigenvalue weighted by atomic mass is 16.5. The first kappa shape index (κ1) is 68.9. The number of likely N-dealkylation sites (N-methyl/N-ethyl adjacent to an activating group) is 2. The first-order valence-electron chi connectivity index (χ1n) is 29.4. The molecule has 10 N–H and O–H groups in total. The van der Waals surface area contributed by atoms with E-state index in [1.807, 2.05) is 133 Å². The number of carboxylic acids is 1. The lowest BCUT2D eigenvalue weighted by atomic mass is 9.76. The average Bonchev–Trinajstić information content (AvgIpc) is 2.26. The summed E-state index contributed by atoms with van der Waals surface area (Å²) in [7, 11) is 3.29. The Hall–Kier alpha value is -8.85. The zero-order valence-electron chi connectivity index (χ0n) is 52.2. The Kier molecular flexibility index (Phi) is 25.0. The van der Waals surface area contributed by atoms with E-state index in [0.29, 0.717) is 17.8 Å². The molecule has 0 unspecified atom stereocenters. The minimum atomic E-state index is -1.11. The van der Waals surface area contributed by atoms with E-state index >= 15 is 0 Å². The second-order valence-electron chi connectivity index (χ2n) is 24.3. The number of urea groups is 1. The number of carbonyl (C=O) groups is 9.